The first-order valence-corrected chi connectivity index (χ1v) is 9.47. The van der Waals surface area contributed by atoms with E-state index < -0.39 is 0 Å². The van der Waals surface area contributed by atoms with E-state index in [1.165, 1.54) is 5.69 Å². The van der Waals surface area contributed by atoms with Crippen LogP contribution in [0, 0.1) is 6.92 Å². The topological polar surface area (TPSA) is 36.2 Å². The molecule has 4 rings (SSSR count). The Bertz CT molecular complexity index is 1130. The molecule has 2 heterocycles. The summed E-state index contributed by atoms with van der Waals surface area (Å²) >= 11 is 0. The minimum absolute atomic E-state index is 0.0500. The molecular weight excluding hydrogens is 348 g/mol. The first-order chi connectivity index (χ1) is 13.6. The van der Waals surface area contributed by atoms with Crippen molar-refractivity contribution in [2.75, 3.05) is 7.11 Å². The Morgan fingerprint density at radius 2 is 1.75 bits per heavy atom. The molecule has 0 aliphatic carbocycles. The van der Waals surface area contributed by atoms with Crippen LogP contribution in [-0.2, 0) is 20.0 Å². The molecule has 2 aromatic heterocycles. The summed E-state index contributed by atoms with van der Waals surface area (Å²) in [6.45, 7) is 2.88. The first-order valence-electron chi connectivity index (χ1n) is 9.47. The Labute approximate surface area is 165 Å². The molecule has 0 N–H and O–H groups in total. The molecule has 0 aliphatic heterocycles. The normalized spacial score (nSPS) is 11.1. The van der Waals surface area contributed by atoms with E-state index in [-0.39, 0.29) is 5.78 Å². The molecule has 0 saturated carbocycles. The molecule has 4 aromatic rings. The second kappa shape index (κ2) is 7.39. The number of aryl methyl sites for hydroxylation is 3. The van der Waals surface area contributed by atoms with Gasteiger partial charge in [-0.3, -0.25) is 4.79 Å². The van der Waals surface area contributed by atoms with Crippen molar-refractivity contribution in [3.63, 3.8) is 0 Å². The highest BCUT2D eigenvalue weighted by molar-refractivity contribution is 6.17. The number of fused-ring (bicyclic) bond motifs is 1. The summed E-state index contributed by atoms with van der Waals surface area (Å²) in [4.78, 5) is 13.3. The van der Waals surface area contributed by atoms with Crippen LogP contribution >= 0.6 is 0 Å². The summed E-state index contributed by atoms with van der Waals surface area (Å²) in [6, 6.07) is 19.7. The molecule has 0 saturated heterocycles. The van der Waals surface area contributed by atoms with E-state index >= 15 is 0 Å². The van der Waals surface area contributed by atoms with Gasteiger partial charge < -0.3 is 13.9 Å². The zero-order chi connectivity index (χ0) is 19.7. The van der Waals surface area contributed by atoms with Crippen LogP contribution in [0.25, 0.3) is 10.9 Å². The minimum Gasteiger partial charge on any atom is -0.497 e. The number of ketones is 1. The van der Waals surface area contributed by atoms with E-state index in [1.54, 1.807) is 7.11 Å². The smallest absolute Gasteiger partial charge is 0.195 e. The van der Waals surface area contributed by atoms with Gasteiger partial charge in [0.1, 0.15) is 5.75 Å². The number of rotatable bonds is 6. The minimum atomic E-state index is 0.0500. The van der Waals surface area contributed by atoms with Gasteiger partial charge in [0.2, 0.25) is 0 Å². The van der Waals surface area contributed by atoms with Crippen LogP contribution in [0.3, 0.4) is 0 Å². The van der Waals surface area contributed by atoms with E-state index in [9.17, 15) is 4.79 Å². The zero-order valence-electron chi connectivity index (χ0n) is 16.5. The number of hydrogen-bond donors (Lipinski definition) is 0. The standard InChI is InChI=1S/C24H24N2O2/c1-17-23(24(27)18-10-12-20(28-3)13-11-18)21-8-4-5-9-22(21)26(17)16-14-19-7-6-15-25(19)2/h4-13,15H,14,16H2,1-3H3. The fraction of sp³-hybridized carbons (Fsp3) is 0.208. The summed E-state index contributed by atoms with van der Waals surface area (Å²) < 4.78 is 9.62. The molecule has 4 nitrogen and oxygen atoms in total. The molecule has 2 aromatic carbocycles. The van der Waals surface area contributed by atoms with Gasteiger partial charge in [0.05, 0.1) is 12.7 Å². The van der Waals surface area contributed by atoms with Gasteiger partial charge in [0, 0.05) is 54.1 Å². The molecule has 0 radical (unpaired) electrons. The van der Waals surface area contributed by atoms with E-state index in [1.807, 2.05) is 49.4 Å². The average Bonchev–Trinajstić information content (AvgIpc) is 3.26. The Hall–Kier alpha value is -3.27. The lowest BCUT2D eigenvalue weighted by Gasteiger charge is -2.10. The van der Waals surface area contributed by atoms with Crippen LogP contribution in [0.5, 0.6) is 5.75 Å². The third-order valence-corrected chi connectivity index (χ3v) is 5.45. The molecule has 0 spiro atoms. The van der Waals surface area contributed by atoms with Crippen LogP contribution in [0.2, 0.25) is 0 Å². The Balaban J connectivity index is 1.75. The van der Waals surface area contributed by atoms with Gasteiger partial charge in [0.25, 0.3) is 0 Å². The van der Waals surface area contributed by atoms with Crippen molar-refractivity contribution in [2.24, 2.45) is 7.05 Å². The summed E-state index contributed by atoms with van der Waals surface area (Å²) in [6.07, 6.45) is 2.98. The van der Waals surface area contributed by atoms with Gasteiger partial charge in [-0.25, -0.2) is 0 Å². The Kier molecular flexibility index (Phi) is 4.78. The third kappa shape index (κ3) is 3.11. The largest absolute Gasteiger partial charge is 0.497 e. The maximum atomic E-state index is 13.3. The highest BCUT2D eigenvalue weighted by Crippen LogP contribution is 2.29. The summed E-state index contributed by atoms with van der Waals surface area (Å²) in [5.74, 6) is 0.798. The zero-order valence-corrected chi connectivity index (χ0v) is 16.5. The first kappa shape index (κ1) is 18.1. The molecule has 28 heavy (non-hydrogen) atoms. The van der Waals surface area contributed by atoms with Gasteiger partial charge in [-0.2, -0.15) is 0 Å². The maximum absolute atomic E-state index is 13.3. The van der Waals surface area contributed by atoms with Gasteiger partial charge in [-0.15, -0.1) is 0 Å². The quantitative estimate of drug-likeness (QED) is 0.457. The number of para-hydroxylation sites is 1. The number of aromatic nitrogens is 2. The van der Waals surface area contributed by atoms with Gasteiger partial charge >= 0.3 is 0 Å². The van der Waals surface area contributed by atoms with Crippen LogP contribution < -0.4 is 4.74 Å². The lowest BCUT2D eigenvalue weighted by atomic mass is 10.0. The number of hydrogen-bond acceptors (Lipinski definition) is 2. The van der Waals surface area contributed by atoms with Crippen molar-refractivity contribution in [2.45, 2.75) is 19.9 Å². The summed E-state index contributed by atoms with van der Waals surface area (Å²) in [5, 5.41) is 1.01. The Morgan fingerprint density at radius 3 is 2.43 bits per heavy atom. The van der Waals surface area contributed by atoms with Crippen LogP contribution in [-0.4, -0.2) is 22.0 Å². The molecule has 0 unspecified atom stereocenters. The van der Waals surface area contributed by atoms with Crippen molar-refractivity contribution in [1.82, 2.24) is 9.13 Å². The molecule has 0 fully saturated rings. The van der Waals surface area contributed by atoms with Gasteiger partial charge in [-0.05, 0) is 49.4 Å². The number of nitrogens with zero attached hydrogens (tertiary/aromatic N) is 2. The lowest BCUT2D eigenvalue weighted by Crippen LogP contribution is -2.08. The highest BCUT2D eigenvalue weighted by Gasteiger charge is 2.21. The van der Waals surface area contributed by atoms with Crippen molar-refractivity contribution in [1.29, 1.82) is 0 Å². The second-order valence-corrected chi connectivity index (χ2v) is 7.05. The SMILES string of the molecule is COc1ccc(C(=O)c2c(C)n(CCc3cccn3C)c3ccccc23)cc1. The number of carbonyl (C=O) groups excluding carboxylic acids is 1. The van der Waals surface area contributed by atoms with E-state index in [2.05, 4.69) is 40.6 Å². The number of carbonyl (C=O) groups is 1. The van der Waals surface area contributed by atoms with Crippen molar-refractivity contribution >= 4 is 16.7 Å². The molecule has 0 amide bonds. The van der Waals surface area contributed by atoms with E-state index in [0.29, 0.717) is 5.56 Å². The second-order valence-electron chi connectivity index (χ2n) is 7.05. The van der Waals surface area contributed by atoms with Crippen LogP contribution in [0.15, 0.2) is 66.9 Å². The molecule has 0 atom stereocenters. The van der Waals surface area contributed by atoms with Crippen molar-refractivity contribution in [3.8, 4) is 5.75 Å². The molecular formula is C24H24N2O2. The van der Waals surface area contributed by atoms with Crippen molar-refractivity contribution in [3.05, 3.63) is 89.4 Å². The Morgan fingerprint density at radius 1 is 1.00 bits per heavy atom. The average molecular weight is 372 g/mol. The predicted octanol–water partition coefficient (Wildman–Crippen LogP) is 4.77. The predicted molar refractivity (Wildman–Crippen MR) is 112 cm³/mol. The number of ether oxygens (including phenoxy) is 1. The fourth-order valence-corrected chi connectivity index (χ4v) is 3.88. The van der Waals surface area contributed by atoms with Gasteiger partial charge in [-0.1, -0.05) is 18.2 Å². The lowest BCUT2D eigenvalue weighted by molar-refractivity contribution is 0.103. The number of benzene rings is 2. The summed E-state index contributed by atoms with van der Waals surface area (Å²) in [5.41, 5.74) is 4.85. The van der Waals surface area contributed by atoms with E-state index in [4.69, 9.17) is 4.74 Å². The monoisotopic (exact) mass is 372 g/mol. The highest BCUT2D eigenvalue weighted by atomic mass is 16.5. The van der Waals surface area contributed by atoms with Crippen LogP contribution in [0.4, 0.5) is 0 Å². The molecule has 4 heteroatoms. The van der Waals surface area contributed by atoms with Crippen molar-refractivity contribution < 1.29 is 9.53 Å². The number of methoxy groups -OCH3 is 1. The fourth-order valence-electron chi connectivity index (χ4n) is 3.88. The van der Waals surface area contributed by atoms with Gasteiger partial charge in [0.15, 0.2) is 5.78 Å². The van der Waals surface area contributed by atoms with E-state index in [0.717, 1.165) is 40.9 Å². The van der Waals surface area contributed by atoms with Crippen LogP contribution in [0.1, 0.15) is 27.3 Å². The summed E-state index contributed by atoms with van der Waals surface area (Å²) in [7, 11) is 3.69. The third-order valence-electron chi connectivity index (χ3n) is 5.45. The molecule has 0 aliphatic rings. The maximum Gasteiger partial charge on any atom is 0.195 e. The molecule has 0 bridgehead atoms. The molecule has 142 valence electrons.